The Morgan fingerprint density at radius 1 is 0.667 bits per heavy atom. The van der Waals surface area contributed by atoms with E-state index < -0.39 is 5.41 Å². The van der Waals surface area contributed by atoms with E-state index in [1.165, 1.54) is 0 Å². The normalized spacial score (nSPS) is 13.5. The highest BCUT2D eigenvalue weighted by Gasteiger charge is 2.24. The molecule has 1 rings (SSSR count). The smallest absolute Gasteiger partial charge is 0.306 e. The summed E-state index contributed by atoms with van der Waals surface area (Å²) in [6.45, 7) is 3.20. The molecule has 0 atom stereocenters. The molecule has 1 fully saturated rings. The lowest BCUT2D eigenvalue weighted by Crippen LogP contribution is -2.32. The zero-order valence-electron chi connectivity index (χ0n) is 19.4. The summed E-state index contributed by atoms with van der Waals surface area (Å²) in [6.07, 6.45) is 0.869. The zero-order valence-corrected chi connectivity index (χ0v) is 19.4. The van der Waals surface area contributed by atoms with Crippen molar-refractivity contribution < 1.29 is 64.3 Å². The highest BCUT2D eigenvalue weighted by Crippen LogP contribution is 2.18. The molecular formula is C20H42O13. The third-order valence-corrected chi connectivity index (χ3v) is 3.84. The minimum Gasteiger partial charge on any atom is -0.462 e. The molecule has 0 aromatic carbocycles. The molecule has 0 spiro atoms. The van der Waals surface area contributed by atoms with Crippen molar-refractivity contribution in [2.45, 2.75) is 26.2 Å². The first kappa shape index (κ1) is 36.2. The Labute approximate surface area is 194 Å². The molecule has 0 aromatic rings. The van der Waals surface area contributed by atoms with E-state index in [2.05, 4.69) is 9.47 Å². The molecule has 33 heavy (non-hydrogen) atoms. The van der Waals surface area contributed by atoms with Crippen molar-refractivity contribution in [3.05, 3.63) is 0 Å². The molecule has 0 saturated carbocycles. The molecule has 1 saturated heterocycles. The summed E-state index contributed by atoms with van der Waals surface area (Å²) in [5.41, 5.74) is -0.667. The van der Waals surface area contributed by atoms with Crippen molar-refractivity contribution in [2.75, 3.05) is 85.9 Å². The van der Waals surface area contributed by atoms with Crippen LogP contribution in [-0.4, -0.2) is 134 Å². The number of aliphatic hydroxyl groups excluding tert-OH is 7. The maximum atomic E-state index is 10.6. The molecule has 0 radical (unpaired) electrons. The van der Waals surface area contributed by atoms with Crippen LogP contribution >= 0.6 is 0 Å². The Hall–Kier alpha value is -1.42. The fraction of sp³-hybridized carbons (Fsp3) is 0.900. The van der Waals surface area contributed by atoms with Crippen LogP contribution in [-0.2, 0) is 28.5 Å². The second-order valence-electron chi connectivity index (χ2n) is 6.39. The summed E-state index contributed by atoms with van der Waals surface area (Å²) in [6, 6.07) is 0. The van der Waals surface area contributed by atoms with Crippen molar-refractivity contribution in [3.8, 4) is 0 Å². The average molecular weight is 491 g/mol. The van der Waals surface area contributed by atoms with E-state index in [1.807, 2.05) is 6.92 Å². The molecule has 0 amide bonds. The second-order valence-corrected chi connectivity index (χ2v) is 6.39. The zero-order chi connectivity index (χ0) is 25.8. The predicted octanol–water partition coefficient (Wildman–Crippen LogP) is -2.80. The Kier molecular flexibility index (Phi) is 31.3. The molecule has 0 bridgehead atoms. The number of carbonyl (C=O) groups excluding carboxylic acids is 2. The largest absolute Gasteiger partial charge is 0.462 e. The standard InChI is InChI=1S/C6H8O4.C6H14O4.C6H14O3.C2H6O2/c7-5-1-2-6(8)10-4-3-9-5;7-1-3-9-5-6-10-4-2-8;1-2-6(3-7,4-8)5-9;3-1-2-4/h1-4H2;7-8H,1-6H2;7-9H,2-5H2,1H3;3-4H,1-2H2. The van der Waals surface area contributed by atoms with E-state index >= 15 is 0 Å². The summed E-state index contributed by atoms with van der Waals surface area (Å²) < 4.78 is 19.0. The van der Waals surface area contributed by atoms with Crippen LogP contribution in [0.2, 0.25) is 0 Å². The lowest BCUT2D eigenvalue weighted by molar-refractivity contribution is -0.158. The topological polar surface area (TPSA) is 213 Å². The highest BCUT2D eigenvalue weighted by atomic mass is 16.6. The number of aliphatic hydroxyl groups is 7. The summed E-state index contributed by atoms with van der Waals surface area (Å²) in [7, 11) is 0. The number of hydrogen-bond donors (Lipinski definition) is 7. The lowest BCUT2D eigenvalue weighted by Gasteiger charge is -2.24. The fourth-order valence-electron chi connectivity index (χ4n) is 1.60. The Morgan fingerprint density at radius 3 is 1.24 bits per heavy atom. The summed E-state index contributed by atoms with van der Waals surface area (Å²) in [4.78, 5) is 21.1. The van der Waals surface area contributed by atoms with E-state index in [0.717, 1.165) is 0 Å². The number of cyclic esters (lactones) is 2. The van der Waals surface area contributed by atoms with Gasteiger partial charge in [-0.15, -0.1) is 0 Å². The number of carbonyl (C=O) groups is 2. The summed E-state index contributed by atoms with van der Waals surface area (Å²) >= 11 is 0. The SMILES string of the molecule is CCC(CO)(CO)CO.O=C1CCC(=O)OCCO1.OCCO.OCCOCCOCCO. The third kappa shape index (κ3) is 26.7. The first-order chi connectivity index (χ1) is 15.9. The van der Waals surface area contributed by atoms with Crippen LogP contribution in [0.25, 0.3) is 0 Å². The van der Waals surface area contributed by atoms with Crippen LogP contribution in [0.15, 0.2) is 0 Å². The summed E-state index contributed by atoms with van der Waals surface area (Å²) in [5.74, 6) is -0.645. The van der Waals surface area contributed by atoms with Crippen LogP contribution in [0, 0.1) is 5.41 Å². The van der Waals surface area contributed by atoms with Gasteiger partial charge in [-0.05, 0) is 6.42 Å². The third-order valence-electron chi connectivity index (χ3n) is 3.84. The molecule has 13 heteroatoms. The predicted molar refractivity (Wildman–Crippen MR) is 115 cm³/mol. The van der Waals surface area contributed by atoms with E-state index in [0.29, 0.717) is 32.8 Å². The monoisotopic (exact) mass is 490 g/mol. The van der Waals surface area contributed by atoms with Crippen LogP contribution < -0.4 is 0 Å². The average Bonchev–Trinajstić information content (AvgIpc) is 2.84. The van der Waals surface area contributed by atoms with Gasteiger partial charge in [0.05, 0.1) is 85.5 Å². The molecule has 1 aliphatic rings. The van der Waals surface area contributed by atoms with Gasteiger partial charge in [0.25, 0.3) is 0 Å². The van der Waals surface area contributed by atoms with Crippen LogP contribution in [0.5, 0.6) is 0 Å². The van der Waals surface area contributed by atoms with Gasteiger partial charge >= 0.3 is 11.9 Å². The fourth-order valence-corrected chi connectivity index (χ4v) is 1.60. The van der Waals surface area contributed by atoms with E-state index in [1.54, 1.807) is 0 Å². The Morgan fingerprint density at radius 2 is 1.03 bits per heavy atom. The minimum atomic E-state index is -0.667. The molecule has 0 unspecified atom stereocenters. The Balaban J connectivity index is -0.000000379. The highest BCUT2D eigenvalue weighted by molar-refractivity contribution is 5.78. The van der Waals surface area contributed by atoms with Gasteiger partial charge in [0.2, 0.25) is 0 Å². The van der Waals surface area contributed by atoms with Gasteiger partial charge in [0.1, 0.15) is 13.2 Å². The van der Waals surface area contributed by atoms with Crippen LogP contribution in [0.3, 0.4) is 0 Å². The number of ether oxygens (including phenoxy) is 4. The van der Waals surface area contributed by atoms with E-state index in [9.17, 15) is 9.59 Å². The van der Waals surface area contributed by atoms with Gasteiger partial charge in [0.15, 0.2) is 0 Å². The van der Waals surface area contributed by atoms with Crippen molar-refractivity contribution in [2.24, 2.45) is 5.41 Å². The van der Waals surface area contributed by atoms with Gasteiger partial charge in [0, 0.05) is 5.41 Å². The number of esters is 2. The molecule has 13 nitrogen and oxygen atoms in total. The quantitative estimate of drug-likeness (QED) is 0.109. The van der Waals surface area contributed by atoms with Gasteiger partial charge < -0.3 is 54.7 Å². The molecule has 1 aliphatic heterocycles. The number of hydrogen-bond acceptors (Lipinski definition) is 13. The van der Waals surface area contributed by atoms with E-state index in [4.69, 9.17) is 45.2 Å². The first-order valence-electron chi connectivity index (χ1n) is 10.6. The van der Waals surface area contributed by atoms with Crippen LogP contribution in [0.1, 0.15) is 26.2 Å². The first-order valence-corrected chi connectivity index (χ1v) is 10.6. The minimum absolute atomic E-state index is 0.0417. The number of rotatable bonds is 12. The van der Waals surface area contributed by atoms with Crippen molar-refractivity contribution in [1.82, 2.24) is 0 Å². The maximum absolute atomic E-state index is 10.6. The molecule has 0 aliphatic carbocycles. The molecular weight excluding hydrogens is 448 g/mol. The van der Waals surface area contributed by atoms with Gasteiger partial charge in [-0.1, -0.05) is 6.92 Å². The maximum Gasteiger partial charge on any atom is 0.306 e. The van der Waals surface area contributed by atoms with Crippen molar-refractivity contribution in [3.63, 3.8) is 0 Å². The van der Waals surface area contributed by atoms with Crippen molar-refractivity contribution in [1.29, 1.82) is 0 Å². The molecule has 1 heterocycles. The van der Waals surface area contributed by atoms with Gasteiger partial charge in [-0.2, -0.15) is 0 Å². The van der Waals surface area contributed by atoms with Crippen molar-refractivity contribution >= 4 is 11.9 Å². The Bertz CT molecular complexity index is 371. The lowest BCUT2D eigenvalue weighted by atomic mass is 9.88. The molecule has 7 N–H and O–H groups in total. The molecule has 0 aromatic heterocycles. The molecule has 200 valence electrons. The van der Waals surface area contributed by atoms with Crippen LogP contribution in [0.4, 0.5) is 0 Å². The second kappa shape index (κ2) is 28.6. The van der Waals surface area contributed by atoms with E-state index in [-0.39, 0.29) is 84.2 Å². The van der Waals surface area contributed by atoms with Gasteiger partial charge in [-0.3, -0.25) is 9.59 Å². The summed E-state index contributed by atoms with van der Waals surface area (Å²) in [5, 5.41) is 57.7. The van der Waals surface area contributed by atoms with Gasteiger partial charge in [-0.25, -0.2) is 0 Å².